The van der Waals surface area contributed by atoms with Crippen molar-refractivity contribution in [3.05, 3.63) is 23.8 Å². The maximum absolute atomic E-state index is 13.0. The summed E-state index contributed by atoms with van der Waals surface area (Å²) in [6, 6.07) is 5.45. The summed E-state index contributed by atoms with van der Waals surface area (Å²) in [5.74, 6) is 0.370. The van der Waals surface area contributed by atoms with E-state index in [0.717, 1.165) is 62.6 Å². The largest absolute Gasteiger partial charge is 0.309 e. The van der Waals surface area contributed by atoms with E-state index >= 15 is 0 Å². The van der Waals surface area contributed by atoms with Gasteiger partial charge < -0.3 is 4.90 Å². The fourth-order valence-corrected chi connectivity index (χ4v) is 5.96. The minimum Gasteiger partial charge on any atom is -0.309 e. The van der Waals surface area contributed by atoms with E-state index in [1.54, 1.807) is 16.4 Å². The standard InChI is InChI=1S/C20H28N2O3S/c1-15-13-17-14-18(26(24,25)21-11-4-2-3-5-12-21)9-10-19(17)22(15)20(23)16-7-6-8-16/h9-10,14-16H,2-8,11-13H2,1H3/t15-/m1/s1. The molecule has 1 atom stereocenters. The van der Waals surface area contributed by atoms with Crippen LogP contribution in [0.2, 0.25) is 0 Å². The van der Waals surface area contributed by atoms with Gasteiger partial charge in [0.1, 0.15) is 0 Å². The van der Waals surface area contributed by atoms with Crippen LogP contribution in [0.15, 0.2) is 23.1 Å². The van der Waals surface area contributed by atoms with Crippen molar-refractivity contribution in [2.45, 2.75) is 69.2 Å². The number of carbonyl (C=O) groups is 1. The van der Waals surface area contributed by atoms with Gasteiger partial charge in [0, 0.05) is 30.7 Å². The Morgan fingerprint density at radius 1 is 1.04 bits per heavy atom. The van der Waals surface area contributed by atoms with Gasteiger partial charge in [-0.2, -0.15) is 4.31 Å². The molecule has 5 nitrogen and oxygen atoms in total. The Balaban J connectivity index is 1.61. The predicted octanol–water partition coefficient (Wildman–Crippen LogP) is 3.33. The zero-order chi connectivity index (χ0) is 18.3. The Hall–Kier alpha value is -1.40. The molecule has 2 fully saturated rings. The van der Waals surface area contributed by atoms with Crippen LogP contribution in [0.25, 0.3) is 0 Å². The molecule has 1 amide bonds. The van der Waals surface area contributed by atoms with E-state index in [1.165, 1.54) is 0 Å². The number of amides is 1. The molecule has 1 saturated carbocycles. The molecular weight excluding hydrogens is 348 g/mol. The highest BCUT2D eigenvalue weighted by Gasteiger charge is 2.37. The first kappa shape index (κ1) is 18.0. The minimum absolute atomic E-state index is 0.106. The normalized spacial score (nSPS) is 24.8. The Kier molecular flexibility index (Phi) is 4.82. The van der Waals surface area contributed by atoms with Crippen LogP contribution in [0.1, 0.15) is 57.4 Å². The fraction of sp³-hybridized carbons (Fsp3) is 0.650. The summed E-state index contributed by atoms with van der Waals surface area (Å²) in [5.41, 5.74) is 1.89. The molecule has 26 heavy (non-hydrogen) atoms. The van der Waals surface area contributed by atoms with E-state index in [0.29, 0.717) is 18.0 Å². The highest BCUT2D eigenvalue weighted by Crippen LogP contribution is 2.38. The summed E-state index contributed by atoms with van der Waals surface area (Å²) in [7, 11) is -3.44. The molecule has 1 aliphatic carbocycles. The van der Waals surface area contributed by atoms with Gasteiger partial charge in [-0.3, -0.25) is 4.79 Å². The number of carbonyl (C=O) groups excluding carboxylic acids is 1. The number of hydrogen-bond acceptors (Lipinski definition) is 3. The van der Waals surface area contributed by atoms with Crippen molar-refractivity contribution in [3.8, 4) is 0 Å². The monoisotopic (exact) mass is 376 g/mol. The first-order valence-electron chi connectivity index (χ1n) is 9.94. The molecule has 3 aliphatic rings. The molecule has 0 aromatic heterocycles. The SMILES string of the molecule is C[C@@H]1Cc2cc(S(=O)(=O)N3CCCCCC3)ccc2N1C(=O)C1CCC1. The molecule has 2 aliphatic heterocycles. The minimum atomic E-state index is -3.44. The van der Waals surface area contributed by atoms with Crippen LogP contribution in [0.3, 0.4) is 0 Å². The molecule has 0 spiro atoms. The molecule has 1 aromatic rings. The smallest absolute Gasteiger partial charge is 0.243 e. The zero-order valence-electron chi connectivity index (χ0n) is 15.5. The summed E-state index contributed by atoms with van der Waals surface area (Å²) in [6.07, 6.45) is 7.92. The second-order valence-electron chi connectivity index (χ2n) is 8.00. The predicted molar refractivity (Wildman–Crippen MR) is 102 cm³/mol. The third-order valence-corrected chi connectivity index (χ3v) is 8.06. The van der Waals surface area contributed by atoms with Crippen LogP contribution in [-0.4, -0.2) is 37.8 Å². The first-order valence-corrected chi connectivity index (χ1v) is 11.4. The van der Waals surface area contributed by atoms with Crippen molar-refractivity contribution in [1.29, 1.82) is 0 Å². The van der Waals surface area contributed by atoms with Crippen molar-refractivity contribution in [3.63, 3.8) is 0 Å². The molecule has 0 bridgehead atoms. The average molecular weight is 377 g/mol. The number of nitrogens with zero attached hydrogens (tertiary/aromatic N) is 2. The van der Waals surface area contributed by atoms with E-state index in [9.17, 15) is 13.2 Å². The van der Waals surface area contributed by atoms with Gasteiger partial charge >= 0.3 is 0 Å². The van der Waals surface area contributed by atoms with Gasteiger partial charge in [-0.15, -0.1) is 0 Å². The summed E-state index contributed by atoms with van der Waals surface area (Å²) < 4.78 is 27.7. The van der Waals surface area contributed by atoms with Crippen molar-refractivity contribution < 1.29 is 13.2 Å². The maximum Gasteiger partial charge on any atom is 0.243 e. The third kappa shape index (κ3) is 3.07. The van der Waals surface area contributed by atoms with E-state index in [-0.39, 0.29) is 17.9 Å². The van der Waals surface area contributed by atoms with Crippen LogP contribution in [0.4, 0.5) is 5.69 Å². The Morgan fingerprint density at radius 3 is 2.35 bits per heavy atom. The number of fused-ring (bicyclic) bond motifs is 1. The lowest BCUT2D eigenvalue weighted by Crippen LogP contribution is -2.42. The quantitative estimate of drug-likeness (QED) is 0.813. The van der Waals surface area contributed by atoms with Gasteiger partial charge in [0.2, 0.25) is 15.9 Å². The molecule has 1 aromatic carbocycles. The van der Waals surface area contributed by atoms with Crippen LogP contribution < -0.4 is 4.90 Å². The third-order valence-electron chi connectivity index (χ3n) is 6.16. The molecule has 0 unspecified atom stereocenters. The fourth-order valence-electron chi connectivity index (χ4n) is 4.39. The molecule has 0 N–H and O–H groups in total. The van der Waals surface area contributed by atoms with Gasteiger partial charge in [0.05, 0.1) is 4.90 Å². The van der Waals surface area contributed by atoms with Gasteiger partial charge in [0.15, 0.2) is 0 Å². The molecular formula is C20H28N2O3S. The van der Waals surface area contributed by atoms with Crippen molar-refractivity contribution in [1.82, 2.24) is 4.31 Å². The van der Waals surface area contributed by atoms with Gasteiger partial charge in [-0.1, -0.05) is 19.3 Å². The van der Waals surface area contributed by atoms with E-state index in [2.05, 4.69) is 6.92 Å². The number of hydrogen-bond donors (Lipinski definition) is 0. The summed E-state index contributed by atoms with van der Waals surface area (Å²) in [5, 5.41) is 0. The maximum atomic E-state index is 13.0. The first-order chi connectivity index (χ1) is 12.5. The van der Waals surface area contributed by atoms with Crippen LogP contribution in [-0.2, 0) is 21.2 Å². The molecule has 1 saturated heterocycles. The number of sulfonamides is 1. The topological polar surface area (TPSA) is 57.7 Å². The van der Waals surface area contributed by atoms with Gasteiger partial charge in [-0.05, 0) is 62.8 Å². The lowest BCUT2D eigenvalue weighted by molar-refractivity contribution is -0.125. The average Bonchev–Trinajstić information content (AvgIpc) is 2.73. The summed E-state index contributed by atoms with van der Waals surface area (Å²) >= 11 is 0. The number of anilines is 1. The lowest BCUT2D eigenvalue weighted by atomic mass is 9.84. The van der Waals surface area contributed by atoms with Crippen molar-refractivity contribution >= 4 is 21.6 Å². The Bertz CT molecular complexity index is 793. The highest BCUT2D eigenvalue weighted by atomic mass is 32.2. The number of rotatable bonds is 3. The molecule has 142 valence electrons. The second-order valence-corrected chi connectivity index (χ2v) is 9.94. The van der Waals surface area contributed by atoms with Crippen LogP contribution in [0, 0.1) is 5.92 Å². The van der Waals surface area contributed by atoms with Crippen molar-refractivity contribution in [2.75, 3.05) is 18.0 Å². The summed E-state index contributed by atoms with van der Waals surface area (Å²) in [6.45, 7) is 3.28. The van der Waals surface area contributed by atoms with E-state index in [1.807, 2.05) is 11.0 Å². The molecule has 6 heteroatoms. The second kappa shape index (κ2) is 6.97. The Labute approximate surface area is 156 Å². The van der Waals surface area contributed by atoms with Gasteiger partial charge in [-0.25, -0.2) is 8.42 Å². The number of benzene rings is 1. The molecule has 0 radical (unpaired) electrons. The Morgan fingerprint density at radius 2 is 1.73 bits per heavy atom. The summed E-state index contributed by atoms with van der Waals surface area (Å²) in [4.78, 5) is 15.0. The van der Waals surface area contributed by atoms with E-state index < -0.39 is 10.0 Å². The van der Waals surface area contributed by atoms with E-state index in [4.69, 9.17) is 0 Å². The highest BCUT2D eigenvalue weighted by molar-refractivity contribution is 7.89. The molecule has 4 rings (SSSR count). The van der Waals surface area contributed by atoms with Gasteiger partial charge in [0.25, 0.3) is 0 Å². The van der Waals surface area contributed by atoms with Crippen LogP contribution in [0.5, 0.6) is 0 Å². The van der Waals surface area contributed by atoms with Crippen LogP contribution >= 0.6 is 0 Å². The lowest BCUT2D eigenvalue weighted by Gasteiger charge is -2.32. The molecule has 2 heterocycles. The zero-order valence-corrected chi connectivity index (χ0v) is 16.3. The van der Waals surface area contributed by atoms with Crippen molar-refractivity contribution in [2.24, 2.45) is 5.92 Å².